The van der Waals surface area contributed by atoms with E-state index in [1.54, 1.807) is 0 Å². The standard InChI is InChI=1S/C10H12N2O2/c1-10(8-5-3-2-4-6-8)12-11-9(13)7-14-10/h2-6,12H,7H2,1H3,(H,11,13). The van der Waals surface area contributed by atoms with Crippen LogP contribution in [0.15, 0.2) is 30.3 Å². The van der Waals surface area contributed by atoms with Gasteiger partial charge >= 0.3 is 0 Å². The second-order valence-corrected chi connectivity index (χ2v) is 3.36. The maximum atomic E-state index is 10.9. The zero-order chi connectivity index (χ0) is 10.0. The smallest absolute Gasteiger partial charge is 0.260 e. The SMILES string of the molecule is CC1(c2ccccc2)NNC(=O)CO1. The normalized spacial score (nSPS) is 27.1. The summed E-state index contributed by atoms with van der Waals surface area (Å²) in [5.74, 6) is -0.154. The maximum absolute atomic E-state index is 10.9. The molecule has 1 heterocycles. The van der Waals surface area contributed by atoms with Crippen molar-refractivity contribution in [3.8, 4) is 0 Å². The first kappa shape index (κ1) is 9.18. The number of carbonyl (C=O) groups is 1. The molecule has 74 valence electrons. The molecule has 1 aromatic carbocycles. The van der Waals surface area contributed by atoms with E-state index < -0.39 is 5.72 Å². The summed E-state index contributed by atoms with van der Waals surface area (Å²) in [4.78, 5) is 10.9. The van der Waals surface area contributed by atoms with Crippen LogP contribution in [0, 0.1) is 0 Å². The lowest BCUT2D eigenvalue weighted by molar-refractivity contribution is -0.154. The fourth-order valence-electron chi connectivity index (χ4n) is 1.38. The molecule has 1 fully saturated rings. The number of nitrogens with one attached hydrogen (secondary N) is 2. The van der Waals surface area contributed by atoms with Gasteiger partial charge < -0.3 is 4.74 Å². The van der Waals surface area contributed by atoms with Crippen LogP contribution < -0.4 is 10.9 Å². The summed E-state index contributed by atoms with van der Waals surface area (Å²) >= 11 is 0. The minimum absolute atomic E-state index is 0.0817. The van der Waals surface area contributed by atoms with Crippen molar-refractivity contribution in [2.24, 2.45) is 0 Å². The summed E-state index contributed by atoms with van der Waals surface area (Å²) in [6.07, 6.45) is 0. The molecule has 1 saturated heterocycles. The van der Waals surface area contributed by atoms with Crippen LogP contribution in [0.1, 0.15) is 12.5 Å². The first-order chi connectivity index (χ1) is 6.71. The van der Waals surface area contributed by atoms with Crippen LogP contribution in [-0.4, -0.2) is 12.5 Å². The van der Waals surface area contributed by atoms with E-state index in [0.29, 0.717) is 0 Å². The van der Waals surface area contributed by atoms with E-state index in [4.69, 9.17) is 4.74 Å². The number of hydrogen-bond acceptors (Lipinski definition) is 3. The molecule has 14 heavy (non-hydrogen) atoms. The molecule has 4 nitrogen and oxygen atoms in total. The number of carbonyl (C=O) groups excluding carboxylic acids is 1. The van der Waals surface area contributed by atoms with Crippen molar-refractivity contribution in [2.45, 2.75) is 12.6 Å². The van der Waals surface area contributed by atoms with Crippen molar-refractivity contribution in [2.75, 3.05) is 6.61 Å². The molecular weight excluding hydrogens is 180 g/mol. The average Bonchev–Trinajstić information content (AvgIpc) is 2.24. The largest absolute Gasteiger partial charge is 0.345 e. The molecule has 1 amide bonds. The Hall–Kier alpha value is -1.39. The number of hydrogen-bond donors (Lipinski definition) is 2. The van der Waals surface area contributed by atoms with Gasteiger partial charge in [0.1, 0.15) is 6.61 Å². The van der Waals surface area contributed by atoms with E-state index in [-0.39, 0.29) is 12.5 Å². The van der Waals surface area contributed by atoms with Crippen molar-refractivity contribution in [3.05, 3.63) is 35.9 Å². The summed E-state index contributed by atoms with van der Waals surface area (Å²) in [5, 5.41) is 0. The fraction of sp³-hybridized carbons (Fsp3) is 0.300. The molecule has 2 rings (SSSR count). The lowest BCUT2D eigenvalue weighted by atomic mass is 10.1. The lowest BCUT2D eigenvalue weighted by Crippen LogP contribution is -2.58. The molecule has 0 aliphatic carbocycles. The Morgan fingerprint density at radius 3 is 2.64 bits per heavy atom. The van der Waals surface area contributed by atoms with Gasteiger partial charge in [0, 0.05) is 0 Å². The first-order valence-corrected chi connectivity index (χ1v) is 4.46. The summed E-state index contributed by atoms with van der Waals surface area (Å²) in [6, 6.07) is 9.70. The molecule has 0 spiro atoms. The van der Waals surface area contributed by atoms with E-state index in [1.807, 2.05) is 37.3 Å². The number of amides is 1. The molecule has 1 aromatic rings. The van der Waals surface area contributed by atoms with E-state index in [2.05, 4.69) is 10.9 Å². The quantitative estimate of drug-likeness (QED) is 0.681. The second kappa shape index (κ2) is 3.40. The molecule has 1 aliphatic heterocycles. The average molecular weight is 192 g/mol. The molecule has 1 unspecified atom stereocenters. The molecular formula is C10H12N2O2. The molecule has 1 atom stereocenters. The highest BCUT2D eigenvalue weighted by atomic mass is 16.5. The maximum Gasteiger partial charge on any atom is 0.260 e. The van der Waals surface area contributed by atoms with Crippen LogP contribution in [-0.2, 0) is 15.3 Å². The first-order valence-electron chi connectivity index (χ1n) is 4.46. The van der Waals surface area contributed by atoms with Gasteiger partial charge in [-0.1, -0.05) is 30.3 Å². The highest BCUT2D eigenvalue weighted by molar-refractivity contribution is 5.77. The predicted molar refractivity (Wildman–Crippen MR) is 51.0 cm³/mol. The predicted octanol–water partition coefficient (Wildman–Crippen LogP) is 0.510. The summed E-state index contributed by atoms with van der Waals surface area (Å²) in [5.41, 5.74) is 5.75. The molecule has 0 aromatic heterocycles. The monoisotopic (exact) mass is 192 g/mol. The highest BCUT2D eigenvalue weighted by Crippen LogP contribution is 2.22. The van der Waals surface area contributed by atoms with E-state index in [9.17, 15) is 4.79 Å². The minimum Gasteiger partial charge on any atom is -0.345 e. The van der Waals surface area contributed by atoms with E-state index in [0.717, 1.165) is 5.56 Å². The van der Waals surface area contributed by atoms with Crippen LogP contribution in [0.25, 0.3) is 0 Å². The molecule has 0 bridgehead atoms. The van der Waals surface area contributed by atoms with Gasteiger partial charge in [-0.05, 0) is 12.5 Å². The van der Waals surface area contributed by atoms with Crippen LogP contribution in [0.5, 0.6) is 0 Å². The Balaban J connectivity index is 2.21. The second-order valence-electron chi connectivity index (χ2n) is 3.36. The van der Waals surface area contributed by atoms with Crippen molar-refractivity contribution < 1.29 is 9.53 Å². The Bertz CT molecular complexity index is 327. The van der Waals surface area contributed by atoms with Crippen molar-refractivity contribution in [1.82, 2.24) is 10.9 Å². The van der Waals surface area contributed by atoms with Gasteiger partial charge in [-0.15, -0.1) is 0 Å². The lowest BCUT2D eigenvalue weighted by Gasteiger charge is -2.35. The third-order valence-corrected chi connectivity index (χ3v) is 2.26. The molecule has 0 radical (unpaired) electrons. The Labute approximate surface area is 82.2 Å². The minimum atomic E-state index is -0.630. The van der Waals surface area contributed by atoms with Crippen LogP contribution in [0.3, 0.4) is 0 Å². The van der Waals surface area contributed by atoms with Crippen molar-refractivity contribution in [1.29, 1.82) is 0 Å². The molecule has 0 saturated carbocycles. The number of rotatable bonds is 1. The zero-order valence-electron chi connectivity index (χ0n) is 7.91. The van der Waals surface area contributed by atoms with Crippen LogP contribution >= 0.6 is 0 Å². The van der Waals surface area contributed by atoms with Gasteiger partial charge in [0.15, 0.2) is 5.72 Å². The highest BCUT2D eigenvalue weighted by Gasteiger charge is 2.31. The number of ether oxygens (including phenoxy) is 1. The number of hydrazine groups is 1. The van der Waals surface area contributed by atoms with E-state index in [1.165, 1.54) is 0 Å². The fourth-order valence-corrected chi connectivity index (χ4v) is 1.38. The molecule has 1 aliphatic rings. The van der Waals surface area contributed by atoms with Gasteiger partial charge in [0.25, 0.3) is 5.91 Å². The van der Waals surface area contributed by atoms with Gasteiger partial charge in [0.05, 0.1) is 0 Å². The Morgan fingerprint density at radius 1 is 1.36 bits per heavy atom. The van der Waals surface area contributed by atoms with Gasteiger partial charge in [-0.25, -0.2) is 0 Å². The topological polar surface area (TPSA) is 50.4 Å². The van der Waals surface area contributed by atoms with E-state index >= 15 is 0 Å². The Morgan fingerprint density at radius 2 is 2.07 bits per heavy atom. The zero-order valence-corrected chi connectivity index (χ0v) is 7.91. The third kappa shape index (κ3) is 1.62. The molecule has 4 heteroatoms. The van der Waals surface area contributed by atoms with Gasteiger partial charge in [-0.3, -0.25) is 10.2 Å². The number of benzene rings is 1. The Kier molecular flexibility index (Phi) is 2.23. The van der Waals surface area contributed by atoms with Gasteiger partial charge in [0.2, 0.25) is 0 Å². The van der Waals surface area contributed by atoms with Crippen LogP contribution in [0.2, 0.25) is 0 Å². The van der Waals surface area contributed by atoms with Crippen molar-refractivity contribution >= 4 is 5.91 Å². The molecule has 2 N–H and O–H groups in total. The van der Waals surface area contributed by atoms with Crippen molar-refractivity contribution in [3.63, 3.8) is 0 Å². The van der Waals surface area contributed by atoms with Gasteiger partial charge in [-0.2, -0.15) is 5.43 Å². The summed E-state index contributed by atoms with van der Waals surface area (Å²) in [7, 11) is 0. The van der Waals surface area contributed by atoms with Crippen LogP contribution in [0.4, 0.5) is 0 Å². The third-order valence-electron chi connectivity index (χ3n) is 2.26. The summed E-state index contributed by atoms with van der Waals surface area (Å²) < 4.78 is 5.44. The summed E-state index contributed by atoms with van der Waals surface area (Å²) in [6.45, 7) is 1.96.